The summed E-state index contributed by atoms with van der Waals surface area (Å²) in [5, 5.41) is 5.04. The molecule has 16 heavy (non-hydrogen) atoms. The first-order valence-electron chi connectivity index (χ1n) is 5.82. The Kier molecular flexibility index (Phi) is 4.12. The fraction of sp³-hybridized carbons (Fsp3) is 0.538. The molecular formula is C13H17Cl2N. The molecule has 1 aromatic rings. The van der Waals surface area contributed by atoms with Crippen LogP contribution >= 0.6 is 23.2 Å². The first kappa shape index (κ1) is 12.2. The van der Waals surface area contributed by atoms with Crippen LogP contribution in [0.1, 0.15) is 25.3 Å². The molecule has 0 amide bonds. The third-order valence-electron chi connectivity index (χ3n) is 3.24. The average molecular weight is 258 g/mol. The van der Waals surface area contributed by atoms with Crippen molar-refractivity contribution in [2.75, 3.05) is 6.54 Å². The molecule has 0 saturated carbocycles. The minimum atomic E-state index is 0.558. The van der Waals surface area contributed by atoms with Gasteiger partial charge in [-0.3, -0.25) is 0 Å². The number of piperidine rings is 1. The first-order chi connectivity index (χ1) is 7.65. The van der Waals surface area contributed by atoms with Gasteiger partial charge in [0.2, 0.25) is 0 Å². The summed E-state index contributed by atoms with van der Waals surface area (Å²) in [4.78, 5) is 0. The molecule has 2 unspecified atom stereocenters. The Labute approximate surface area is 107 Å². The molecule has 0 aromatic heterocycles. The van der Waals surface area contributed by atoms with E-state index in [0.717, 1.165) is 23.9 Å². The molecular weight excluding hydrogens is 241 g/mol. The minimum Gasteiger partial charge on any atom is -0.314 e. The Morgan fingerprint density at radius 1 is 1.38 bits per heavy atom. The Morgan fingerprint density at radius 3 is 2.88 bits per heavy atom. The molecule has 1 aromatic carbocycles. The van der Waals surface area contributed by atoms with E-state index in [9.17, 15) is 0 Å². The molecule has 1 N–H and O–H groups in total. The van der Waals surface area contributed by atoms with Crippen LogP contribution in [0.15, 0.2) is 18.2 Å². The van der Waals surface area contributed by atoms with Crippen molar-refractivity contribution >= 4 is 23.2 Å². The van der Waals surface area contributed by atoms with Crippen molar-refractivity contribution in [1.29, 1.82) is 0 Å². The van der Waals surface area contributed by atoms with Gasteiger partial charge in [-0.15, -0.1) is 0 Å². The number of halogens is 2. The smallest absolute Gasteiger partial charge is 0.0453 e. The average Bonchev–Trinajstić information content (AvgIpc) is 2.22. The zero-order chi connectivity index (χ0) is 11.5. The monoisotopic (exact) mass is 257 g/mol. The van der Waals surface area contributed by atoms with Crippen LogP contribution in [-0.4, -0.2) is 12.6 Å². The standard InChI is InChI=1S/C13H17Cl2N/c1-9-4-5-16-12(6-9)7-10-2-3-11(14)8-13(10)15/h2-3,8-9,12,16H,4-7H2,1H3. The summed E-state index contributed by atoms with van der Waals surface area (Å²) in [5.74, 6) is 0.817. The zero-order valence-electron chi connectivity index (χ0n) is 9.47. The predicted molar refractivity (Wildman–Crippen MR) is 70.4 cm³/mol. The van der Waals surface area contributed by atoms with Gasteiger partial charge in [0.25, 0.3) is 0 Å². The quantitative estimate of drug-likeness (QED) is 0.847. The van der Waals surface area contributed by atoms with Crippen LogP contribution in [0.3, 0.4) is 0 Å². The summed E-state index contributed by atoms with van der Waals surface area (Å²) >= 11 is 12.1. The molecule has 3 heteroatoms. The van der Waals surface area contributed by atoms with Crippen molar-refractivity contribution in [1.82, 2.24) is 5.32 Å². The fourth-order valence-corrected chi connectivity index (χ4v) is 2.81. The summed E-state index contributed by atoms with van der Waals surface area (Å²) in [7, 11) is 0. The molecule has 0 aliphatic carbocycles. The van der Waals surface area contributed by atoms with Gasteiger partial charge >= 0.3 is 0 Å². The van der Waals surface area contributed by atoms with Crippen molar-refractivity contribution in [3.05, 3.63) is 33.8 Å². The van der Waals surface area contributed by atoms with Crippen LogP contribution in [0.5, 0.6) is 0 Å². The van der Waals surface area contributed by atoms with Crippen molar-refractivity contribution in [3.8, 4) is 0 Å². The summed E-state index contributed by atoms with van der Waals surface area (Å²) < 4.78 is 0. The Bertz CT molecular complexity index is 365. The van der Waals surface area contributed by atoms with Crippen LogP contribution in [0, 0.1) is 5.92 Å². The van der Waals surface area contributed by atoms with E-state index < -0.39 is 0 Å². The van der Waals surface area contributed by atoms with Gasteiger partial charge in [0.1, 0.15) is 0 Å². The van der Waals surface area contributed by atoms with Crippen molar-refractivity contribution in [3.63, 3.8) is 0 Å². The lowest BCUT2D eigenvalue weighted by molar-refractivity contribution is 0.318. The largest absolute Gasteiger partial charge is 0.314 e. The third kappa shape index (κ3) is 3.13. The lowest BCUT2D eigenvalue weighted by atomic mass is 9.90. The van der Waals surface area contributed by atoms with Gasteiger partial charge in [-0.25, -0.2) is 0 Å². The summed E-state index contributed by atoms with van der Waals surface area (Å²) in [5.41, 5.74) is 1.19. The molecule has 1 saturated heterocycles. The van der Waals surface area contributed by atoms with Crippen molar-refractivity contribution < 1.29 is 0 Å². The predicted octanol–water partition coefficient (Wildman–Crippen LogP) is 3.92. The van der Waals surface area contributed by atoms with Gasteiger partial charge in [-0.1, -0.05) is 36.2 Å². The van der Waals surface area contributed by atoms with Crippen molar-refractivity contribution in [2.24, 2.45) is 5.92 Å². The molecule has 1 aliphatic rings. The van der Waals surface area contributed by atoms with E-state index in [-0.39, 0.29) is 0 Å². The molecule has 0 spiro atoms. The number of hydrogen-bond acceptors (Lipinski definition) is 1. The van der Waals surface area contributed by atoms with Crippen LogP contribution in [0.4, 0.5) is 0 Å². The van der Waals surface area contributed by atoms with Gasteiger partial charge < -0.3 is 5.32 Å². The Morgan fingerprint density at radius 2 is 2.19 bits per heavy atom. The fourth-order valence-electron chi connectivity index (χ4n) is 2.33. The van der Waals surface area contributed by atoms with E-state index in [4.69, 9.17) is 23.2 Å². The van der Waals surface area contributed by atoms with Gasteiger partial charge in [0, 0.05) is 16.1 Å². The molecule has 0 bridgehead atoms. The van der Waals surface area contributed by atoms with Crippen LogP contribution < -0.4 is 5.32 Å². The zero-order valence-corrected chi connectivity index (χ0v) is 11.0. The molecule has 1 fully saturated rings. The highest BCUT2D eigenvalue weighted by atomic mass is 35.5. The maximum absolute atomic E-state index is 6.17. The molecule has 88 valence electrons. The summed E-state index contributed by atoms with van der Waals surface area (Å²) in [6, 6.07) is 6.33. The second kappa shape index (κ2) is 5.39. The third-order valence-corrected chi connectivity index (χ3v) is 3.83. The second-order valence-corrected chi connectivity index (χ2v) is 5.56. The van der Waals surface area contributed by atoms with E-state index in [1.807, 2.05) is 18.2 Å². The van der Waals surface area contributed by atoms with E-state index in [1.165, 1.54) is 18.4 Å². The second-order valence-electron chi connectivity index (χ2n) is 4.72. The lowest BCUT2D eigenvalue weighted by Gasteiger charge is -2.28. The normalized spacial score (nSPS) is 25.7. The molecule has 0 radical (unpaired) electrons. The van der Waals surface area contributed by atoms with Gasteiger partial charge in [0.05, 0.1) is 0 Å². The SMILES string of the molecule is CC1CCNC(Cc2ccc(Cl)cc2Cl)C1. The summed E-state index contributed by atoms with van der Waals surface area (Å²) in [6.45, 7) is 3.44. The molecule has 1 aliphatic heterocycles. The van der Waals surface area contributed by atoms with E-state index in [1.54, 1.807) is 0 Å². The number of benzene rings is 1. The number of hydrogen-bond donors (Lipinski definition) is 1. The minimum absolute atomic E-state index is 0.558. The topological polar surface area (TPSA) is 12.0 Å². The highest BCUT2D eigenvalue weighted by molar-refractivity contribution is 6.35. The van der Waals surface area contributed by atoms with Crippen LogP contribution in [0.25, 0.3) is 0 Å². The first-order valence-corrected chi connectivity index (χ1v) is 6.58. The van der Waals surface area contributed by atoms with Gasteiger partial charge in [0.15, 0.2) is 0 Å². The Balaban J connectivity index is 2.02. The number of nitrogens with one attached hydrogen (secondary N) is 1. The highest BCUT2D eigenvalue weighted by Crippen LogP contribution is 2.24. The van der Waals surface area contributed by atoms with Gasteiger partial charge in [-0.2, -0.15) is 0 Å². The van der Waals surface area contributed by atoms with Crippen LogP contribution in [0.2, 0.25) is 10.0 Å². The van der Waals surface area contributed by atoms with Gasteiger partial charge in [-0.05, 0) is 49.4 Å². The van der Waals surface area contributed by atoms with Crippen molar-refractivity contribution in [2.45, 2.75) is 32.2 Å². The van der Waals surface area contributed by atoms with E-state index in [2.05, 4.69) is 12.2 Å². The maximum Gasteiger partial charge on any atom is 0.0453 e. The van der Waals surface area contributed by atoms with Crippen LogP contribution in [-0.2, 0) is 6.42 Å². The summed E-state index contributed by atoms with van der Waals surface area (Å²) in [6.07, 6.45) is 3.52. The van der Waals surface area contributed by atoms with E-state index in [0.29, 0.717) is 11.1 Å². The molecule has 2 rings (SSSR count). The maximum atomic E-state index is 6.17. The molecule has 1 heterocycles. The van der Waals surface area contributed by atoms with E-state index >= 15 is 0 Å². The highest BCUT2D eigenvalue weighted by Gasteiger charge is 2.19. The molecule has 2 atom stereocenters. The molecule has 1 nitrogen and oxygen atoms in total. The number of rotatable bonds is 2. The Hall–Kier alpha value is -0.240. The lowest BCUT2D eigenvalue weighted by Crippen LogP contribution is -2.38.